The third-order valence-corrected chi connectivity index (χ3v) is 2.82. The van der Waals surface area contributed by atoms with Crippen molar-refractivity contribution < 1.29 is 14.7 Å². The molecule has 0 aliphatic heterocycles. The number of carboxylic acids is 1. The summed E-state index contributed by atoms with van der Waals surface area (Å²) in [6.45, 7) is 0.0641. The average Bonchev–Trinajstić information content (AvgIpc) is 2.45. The van der Waals surface area contributed by atoms with Gasteiger partial charge in [-0.05, 0) is 6.07 Å². The molecule has 0 atom stereocenters. The Labute approximate surface area is 102 Å². The minimum atomic E-state index is -0.969. The molecule has 0 saturated heterocycles. The molecule has 0 spiro atoms. The number of hydrogen-bond acceptors (Lipinski definition) is 2. The quantitative estimate of drug-likeness (QED) is 0.867. The lowest BCUT2D eigenvalue weighted by Gasteiger charge is -2.04. The summed E-state index contributed by atoms with van der Waals surface area (Å²) in [6, 6.07) is 1.43. The van der Waals surface area contributed by atoms with E-state index in [4.69, 9.17) is 28.3 Å². The van der Waals surface area contributed by atoms with Crippen LogP contribution in [0, 0.1) is 0 Å². The van der Waals surface area contributed by atoms with Gasteiger partial charge in [0.1, 0.15) is 10.8 Å². The summed E-state index contributed by atoms with van der Waals surface area (Å²) in [7, 11) is 1.60. The first-order chi connectivity index (χ1) is 7.43. The Morgan fingerprint density at radius 3 is 2.56 bits per heavy atom. The molecule has 0 radical (unpaired) electrons. The van der Waals surface area contributed by atoms with Gasteiger partial charge >= 0.3 is 5.97 Å². The fourth-order valence-corrected chi connectivity index (χ4v) is 1.51. The van der Waals surface area contributed by atoms with Crippen LogP contribution in [0.3, 0.4) is 0 Å². The molecule has 88 valence electrons. The maximum atomic E-state index is 11.6. The SMILES string of the molecule is Cn1c(C(=O)NCCC(=O)O)cc(Cl)c1Cl. The Kier molecular flexibility index (Phi) is 4.20. The Morgan fingerprint density at radius 2 is 2.12 bits per heavy atom. The fraction of sp³-hybridized carbons (Fsp3) is 0.333. The fourth-order valence-electron chi connectivity index (χ4n) is 1.13. The van der Waals surface area contributed by atoms with Gasteiger partial charge in [0.25, 0.3) is 5.91 Å². The molecule has 1 heterocycles. The first-order valence-corrected chi connectivity index (χ1v) is 5.19. The van der Waals surface area contributed by atoms with Crippen LogP contribution in [0.25, 0.3) is 0 Å². The number of halogens is 2. The number of rotatable bonds is 4. The van der Waals surface area contributed by atoms with Gasteiger partial charge in [-0.1, -0.05) is 23.2 Å². The third kappa shape index (κ3) is 2.90. The number of carbonyl (C=O) groups is 2. The van der Waals surface area contributed by atoms with E-state index in [0.29, 0.717) is 5.69 Å². The highest BCUT2D eigenvalue weighted by molar-refractivity contribution is 6.41. The number of nitrogens with zero attached hydrogens (tertiary/aromatic N) is 1. The molecule has 0 aliphatic rings. The number of nitrogens with one attached hydrogen (secondary N) is 1. The van der Waals surface area contributed by atoms with Crippen molar-refractivity contribution in [3.8, 4) is 0 Å². The first kappa shape index (κ1) is 12.9. The Morgan fingerprint density at radius 1 is 1.50 bits per heavy atom. The van der Waals surface area contributed by atoms with Gasteiger partial charge in [0.2, 0.25) is 0 Å². The molecule has 0 aliphatic carbocycles. The highest BCUT2D eigenvalue weighted by atomic mass is 35.5. The standard InChI is InChI=1S/C9H10Cl2N2O3/c1-13-6(4-5(10)8(13)11)9(16)12-3-2-7(14)15/h4H,2-3H2,1H3,(H,12,16)(H,14,15). The second-order valence-corrected chi connectivity index (χ2v) is 3.89. The molecule has 0 aromatic carbocycles. The number of carboxylic acid groups (broad SMARTS) is 1. The number of aliphatic carboxylic acids is 1. The van der Waals surface area contributed by atoms with Gasteiger partial charge in [-0.3, -0.25) is 9.59 Å². The number of aromatic nitrogens is 1. The first-order valence-electron chi connectivity index (χ1n) is 4.44. The summed E-state index contributed by atoms with van der Waals surface area (Å²) in [5.74, 6) is -1.37. The lowest BCUT2D eigenvalue weighted by atomic mass is 10.3. The molecular weight excluding hydrogens is 255 g/mol. The summed E-state index contributed by atoms with van der Waals surface area (Å²) in [5.41, 5.74) is 0.292. The third-order valence-electron chi connectivity index (χ3n) is 1.97. The Bertz CT molecular complexity index is 429. The van der Waals surface area contributed by atoms with Crippen LogP contribution in [0.1, 0.15) is 16.9 Å². The van der Waals surface area contributed by atoms with Crippen LogP contribution >= 0.6 is 23.2 Å². The summed E-state index contributed by atoms with van der Waals surface area (Å²) >= 11 is 11.5. The van der Waals surface area contributed by atoms with Crippen molar-refractivity contribution >= 4 is 35.1 Å². The number of hydrogen-bond donors (Lipinski definition) is 2. The van der Waals surface area contributed by atoms with Gasteiger partial charge in [0, 0.05) is 13.6 Å². The highest BCUT2D eigenvalue weighted by Gasteiger charge is 2.15. The molecule has 5 nitrogen and oxygen atoms in total. The Balaban J connectivity index is 2.66. The van der Waals surface area contributed by atoms with E-state index in [1.54, 1.807) is 7.05 Å². The molecule has 1 aromatic rings. The van der Waals surface area contributed by atoms with Crippen molar-refractivity contribution in [2.75, 3.05) is 6.54 Å². The van der Waals surface area contributed by atoms with E-state index in [1.807, 2.05) is 0 Å². The molecule has 0 bridgehead atoms. The summed E-state index contributed by atoms with van der Waals surface area (Å²) in [6.07, 6.45) is -0.127. The van der Waals surface area contributed by atoms with Gasteiger partial charge < -0.3 is 15.0 Å². The van der Waals surface area contributed by atoms with E-state index >= 15 is 0 Å². The maximum Gasteiger partial charge on any atom is 0.305 e. The van der Waals surface area contributed by atoms with E-state index in [2.05, 4.69) is 5.32 Å². The van der Waals surface area contributed by atoms with Crippen molar-refractivity contribution in [1.82, 2.24) is 9.88 Å². The number of amides is 1. The Hall–Kier alpha value is -1.20. The molecule has 0 fully saturated rings. The van der Waals surface area contributed by atoms with E-state index < -0.39 is 11.9 Å². The van der Waals surface area contributed by atoms with Gasteiger partial charge in [-0.25, -0.2) is 0 Å². The van der Waals surface area contributed by atoms with E-state index in [-0.39, 0.29) is 23.1 Å². The van der Waals surface area contributed by atoms with Crippen molar-refractivity contribution in [2.24, 2.45) is 7.05 Å². The zero-order valence-corrected chi connectivity index (χ0v) is 9.97. The van der Waals surface area contributed by atoms with Gasteiger partial charge in [-0.15, -0.1) is 0 Å². The summed E-state index contributed by atoms with van der Waals surface area (Å²) < 4.78 is 1.43. The second kappa shape index (κ2) is 5.23. The van der Waals surface area contributed by atoms with Crippen LogP contribution in [0.5, 0.6) is 0 Å². The van der Waals surface area contributed by atoms with Crippen molar-refractivity contribution in [1.29, 1.82) is 0 Å². The van der Waals surface area contributed by atoms with Crippen LogP contribution < -0.4 is 5.32 Å². The maximum absolute atomic E-state index is 11.6. The zero-order valence-electron chi connectivity index (χ0n) is 8.46. The molecule has 1 amide bonds. The number of carbonyl (C=O) groups excluding carboxylic acids is 1. The van der Waals surface area contributed by atoms with Crippen LogP contribution in [0.2, 0.25) is 10.2 Å². The molecule has 16 heavy (non-hydrogen) atoms. The predicted octanol–water partition coefficient (Wildman–Crippen LogP) is 1.54. The highest BCUT2D eigenvalue weighted by Crippen LogP contribution is 2.24. The molecule has 1 aromatic heterocycles. The summed E-state index contributed by atoms with van der Waals surface area (Å²) in [5, 5.41) is 11.4. The van der Waals surface area contributed by atoms with Gasteiger partial charge in [0.15, 0.2) is 0 Å². The molecule has 2 N–H and O–H groups in total. The van der Waals surface area contributed by atoms with E-state index in [1.165, 1.54) is 10.6 Å². The predicted molar refractivity (Wildman–Crippen MR) is 60.0 cm³/mol. The van der Waals surface area contributed by atoms with Crippen molar-refractivity contribution in [3.05, 3.63) is 21.9 Å². The minimum Gasteiger partial charge on any atom is -0.481 e. The van der Waals surface area contributed by atoms with Crippen molar-refractivity contribution in [3.63, 3.8) is 0 Å². The van der Waals surface area contributed by atoms with Gasteiger partial charge in [0.05, 0.1) is 11.4 Å². The largest absolute Gasteiger partial charge is 0.481 e. The van der Waals surface area contributed by atoms with Crippen LogP contribution in [0.15, 0.2) is 6.07 Å². The van der Waals surface area contributed by atoms with Crippen LogP contribution in [-0.4, -0.2) is 28.1 Å². The molecule has 7 heteroatoms. The smallest absolute Gasteiger partial charge is 0.305 e. The summed E-state index contributed by atoms with van der Waals surface area (Å²) in [4.78, 5) is 21.8. The monoisotopic (exact) mass is 264 g/mol. The molecule has 0 saturated carbocycles. The van der Waals surface area contributed by atoms with Gasteiger partial charge in [-0.2, -0.15) is 0 Å². The normalized spacial score (nSPS) is 10.2. The van der Waals surface area contributed by atoms with E-state index in [0.717, 1.165) is 0 Å². The van der Waals surface area contributed by atoms with Crippen LogP contribution in [-0.2, 0) is 11.8 Å². The van der Waals surface area contributed by atoms with Crippen LogP contribution in [0.4, 0.5) is 0 Å². The molecular formula is C9H10Cl2N2O3. The zero-order chi connectivity index (χ0) is 12.3. The lowest BCUT2D eigenvalue weighted by Crippen LogP contribution is -2.27. The molecule has 0 unspecified atom stereocenters. The topological polar surface area (TPSA) is 71.3 Å². The second-order valence-electron chi connectivity index (χ2n) is 3.13. The van der Waals surface area contributed by atoms with E-state index in [9.17, 15) is 9.59 Å². The van der Waals surface area contributed by atoms with Crippen molar-refractivity contribution in [2.45, 2.75) is 6.42 Å². The lowest BCUT2D eigenvalue weighted by molar-refractivity contribution is -0.136. The minimum absolute atomic E-state index is 0.0641. The molecule has 1 rings (SSSR count). The average molecular weight is 265 g/mol.